The van der Waals surface area contributed by atoms with Crippen LogP contribution in [0.25, 0.3) is 34.4 Å². The lowest BCUT2D eigenvalue weighted by atomic mass is 9.37. The highest BCUT2D eigenvalue weighted by Crippen LogP contribution is 2.51. The normalized spacial score (nSPS) is 17.7. The average molecular weight is 522 g/mol. The summed E-state index contributed by atoms with van der Waals surface area (Å²) in [6.07, 6.45) is 4.95. The highest BCUT2D eigenvalue weighted by atomic mass is 15.1. The Kier molecular flexibility index (Phi) is 7.15. The number of allylic oxidation sites excluding steroid dienone is 2. The van der Waals surface area contributed by atoms with E-state index in [4.69, 9.17) is 0 Å². The number of nitrogens with zero attached hydrogens (tertiary/aromatic N) is 1. The van der Waals surface area contributed by atoms with Crippen LogP contribution in [-0.4, -0.2) is 23.7 Å². The molecule has 0 radical (unpaired) electrons. The van der Waals surface area contributed by atoms with E-state index in [0.717, 1.165) is 0 Å². The summed E-state index contributed by atoms with van der Waals surface area (Å²) in [5.41, 5.74) is 13.9. The second kappa shape index (κ2) is 10.7. The number of benzene rings is 4. The minimum Gasteiger partial charge on any atom is -0.336 e. The molecule has 0 saturated heterocycles. The lowest BCUT2D eigenvalue weighted by Gasteiger charge is -2.44. The Morgan fingerprint density at radius 3 is 1.30 bits per heavy atom. The fraction of sp³-hybridized carbons (Fsp3) is 0.263. The first kappa shape index (κ1) is 26.6. The summed E-state index contributed by atoms with van der Waals surface area (Å²) in [5.74, 6) is 0.645. The van der Waals surface area contributed by atoms with Crippen LogP contribution in [0.5, 0.6) is 0 Å². The lowest BCUT2D eigenvalue weighted by molar-refractivity contribution is 0.295. The average Bonchev–Trinajstić information content (AvgIpc) is 3.47. The molecule has 4 aromatic rings. The Bertz CT molecular complexity index is 1460. The predicted molar refractivity (Wildman–Crippen MR) is 174 cm³/mol. The van der Waals surface area contributed by atoms with Gasteiger partial charge in [-0.3, -0.25) is 0 Å². The zero-order chi connectivity index (χ0) is 28.0. The quantitative estimate of drug-likeness (QED) is 0.219. The van der Waals surface area contributed by atoms with Gasteiger partial charge in [-0.2, -0.15) is 0 Å². The molecule has 0 N–H and O–H groups in total. The smallest absolute Gasteiger partial charge is 0.247 e. The standard InChI is InChI=1S/C38H40BN/c1-25(2)40(26(3)4)39(37-27(5)23-35-31(19-13-21-33(35)37)29-15-9-7-10-16-29)38-28(6)24-36-32(20-14-22-34(36)38)30-17-11-8-12-18-30/h7-26,37-38H,1-6H3. The van der Waals surface area contributed by atoms with Gasteiger partial charge in [0.05, 0.1) is 0 Å². The van der Waals surface area contributed by atoms with Crippen LogP contribution in [0.2, 0.25) is 0 Å². The molecule has 0 amide bonds. The maximum absolute atomic E-state index is 2.79. The van der Waals surface area contributed by atoms with E-state index in [2.05, 4.69) is 156 Å². The molecule has 4 aromatic carbocycles. The fourth-order valence-electron chi connectivity index (χ4n) is 7.62. The molecule has 2 atom stereocenters. The minimum absolute atomic E-state index is 0.312. The van der Waals surface area contributed by atoms with E-state index in [-0.39, 0.29) is 0 Å². The van der Waals surface area contributed by atoms with Gasteiger partial charge in [-0.05, 0) is 70.4 Å². The van der Waals surface area contributed by atoms with Crippen LogP contribution in [0, 0.1) is 0 Å². The van der Waals surface area contributed by atoms with E-state index < -0.39 is 0 Å². The Morgan fingerprint density at radius 2 is 0.925 bits per heavy atom. The molecular formula is C38H40BN. The van der Waals surface area contributed by atoms with E-state index in [1.807, 2.05) is 0 Å². The maximum atomic E-state index is 2.79. The SMILES string of the molecule is CC1=Cc2c(-c3ccccc3)cccc2C1B(C1C(C)=Cc2c(-c3ccccc3)cccc21)N(C(C)C)C(C)C. The number of fused-ring (bicyclic) bond motifs is 2. The Balaban J connectivity index is 1.53. The van der Waals surface area contributed by atoms with Gasteiger partial charge in [0.25, 0.3) is 0 Å². The monoisotopic (exact) mass is 521 g/mol. The Labute approximate surface area is 241 Å². The molecule has 2 unspecified atom stereocenters. The summed E-state index contributed by atoms with van der Waals surface area (Å²) in [6.45, 7) is 14.5. The van der Waals surface area contributed by atoms with Crippen molar-refractivity contribution < 1.29 is 0 Å². The van der Waals surface area contributed by atoms with E-state index in [0.29, 0.717) is 30.6 Å². The molecular weight excluding hydrogens is 481 g/mol. The molecule has 0 fully saturated rings. The van der Waals surface area contributed by atoms with Gasteiger partial charge < -0.3 is 4.81 Å². The van der Waals surface area contributed by atoms with Crippen molar-refractivity contribution in [2.75, 3.05) is 0 Å². The van der Waals surface area contributed by atoms with Gasteiger partial charge in [0.15, 0.2) is 0 Å². The van der Waals surface area contributed by atoms with Crippen LogP contribution >= 0.6 is 0 Å². The molecule has 0 aromatic heterocycles. The topological polar surface area (TPSA) is 3.24 Å². The second-order valence-electron chi connectivity index (χ2n) is 12.2. The largest absolute Gasteiger partial charge is 0.336 e. The Morgan fingerprint density at radius 1 is 0.525 bits per heavy atom. The van der Waals surface area contributed by atoms with E-state index >= 15 is 0 Å². The van der Waals surface area contributed by atoms with Crippen molar-refractivity contribution in [3.63, 3.8) is 0 Å². The van der Waals surface area contributed by atoms with E-state index in [1.54, 1.807) is 0 Å². The fourth-order valence-corrected chi connectivity index (χ4v) is 7.62. The third-order valence-electron chi connectivity index (χ3n) is 9.06. The van der Waals surface area contributed by atoms with Crippen molar-refractivity contribution in [2.24, 2.45) is 0 Å². The minimum atomic E-state index is 0.312. The molecule has 1 nitrogen and oxygen atoms in total. The molecule has 2 aliphatic rings. The summed E-state index contributed by atoms with van der Waals surface area (Å²) >= 11 is 0. The van der Waals surface area contributed by atoms with E-state index in [1.165, 1.54) is 55.7 Å². The van der Waals surface area contributed by atoms with Crippen molar-refractivity contribution in [1.82, 2.24) is 4.81 Å². The van der Waals surface area contributed by atoms with Gasteiger partial charge in [-0.15, -0.1) is 0 Å². The molecule has 0 spiro atoms. The zero-order valence-electron chi connectivity index (χ0n) is 24.7. The molecule has 0 aliphatic heterocycles. The highest BCUT2D eigenvalue weighted by Gasteiger charge is 2.47. The first-order valence-corrected chi connectivity index (χ1v) is 14.9. The van der Waals surface area contributed by atoms with Crippen LogP contribution in [0.4, 0.5) is 0 Å². The van der Waals surface area contributed by atoms with Crippen molar-refractivity contribution in [3.05, 3.63) is 130 Å². The van der Waals surface area contributed by atoms with Gasteiger partial charge in [0.2, 0.25) is 6.85 Å². The first-order chi connectivity index (χ1) is 19.4. The van der Waals surface area contributed by atoms with Crippen molar-refractivity contribution in [3.8, 4) is 22.3 Å². The molecule has 6 rings (SSSR count). The van der Waals surface area contributed by atoms with Gasteiger partial charge in [-0.1, -0.05) is 148 Å². The van der Waals surface area contributed by atoms with Crippen molar-refractivity contribution >= 4 is 19.0 Å². The van der Waals surface area contributed by atoms with Crippen molar-refractivity contribution in [1.29, 1.82) is 0 Å². The lowest BCUT2D eigenvalue weighted by Crippen LogP contribution is -2.54. The summed E-state index contributed by atoms with van der Waals surface area (Å²) in [4.78, 5) is 2.79. The van der Waals surface area contributed by atoms with E-state index in [9.17, 15) is 0 Å². The summed E-state index contributed by atoms with van der Waals surface area (Å²) in [5, 5.41) is 0. The third kappa shape index (κ3) is 4.49. The highest BCUT2D eigenvalue weighted by molar-refractivity contribution is 6.62. The van der Waals surface area contributed by atoms with Crippen molar-refractivity contribution in [2.45, 2.75) is 65.3 Å². The summed E-state index contributed by atoms with van der Waals surface area (Å²) < 4.78 is 0. The number of hydrogen-bond acceptors (Lipinski definition) is 1. The number of hydrogen-bond donors (Lipinski definition) is 0. The summed E-state index contributed by atoms with van der Waals surface area (Å²) in [6, 6.07) is 36.5. The molecule has 0 heterocycles. The molecule has 40 heavy (non-hydrogen) atoms. The predicted octanol–water partition coefficient (Wildman–Crippen LogP) is 9.91. The molecule has 0 saturated carbocycles. The second-order valence-corrected chi connectivity index (χ2v) is 12.2. The van der Waals surface area contributed by atoms with Crippen LogP contribution in [0.15, 0.2) is 108 Å². The first-order valence-electron chi connectivity index (χ1n) is 14.9. The van der Waals surface area contributed by atoms with Gasteiger partial charge in [0.1, 0.15) is 0 Å². The van der Waals surface area contributed by atoms with Crippen LogP contribution < -0.4 is 0 Å². The van der Waals surface area contributed by atoms with Crippen LogP contribution in [0.3, 0.4) is 0 Å². The summed E-state index contributed by atoms with van der Waals surface area (Å²) in [7, 11) is 0. The van der Waals surface area contributed by atoms with Gasteiger partial charge in [-0.25, -0.2) is 0 Å². The van der Waals surface area contributed by atoms with Crippen LogP contribution in [0.1, 0.15) is 75.4 Å². The Hall–Kier alpha value is -3.62. The molecule has 2 heteroatoms. The van der Waals surface area contributed by atoms with Gasteiger partial charge in [0, 0.05) is 11.6 Å². The number of rotatable bonds is 7. The third-order valence-corrected chi connectivity index (χ3v) is 9.06. The maximum Gasteiger partial charge on any atom is 0.247 e. The zero-order valence-corrected chi connectivity index (χ0v) is 24.7. The molecule has 200 valence electrons. The molecule has 0 bridgehead atoms. The van der Waals surface area contributed by atoms with Gasteiger partial charge >= 0.3 is 0 Å². The molecule has 2 aliphatic carbocycles. The van der Waals surface area contributed by atoms with Crippen LogP contribution in [-0.2, 0) is 0 Å².